The number of fused-ring (bicyclic) bond motifs is 1. The zero-order chi connectivity index (χ0) is 9.47. The summed E-state index contributed by atoms with van der Waals surface area (Å²) in [6.07, 6.45) is 5.85. The second-order valence-corrected chi connectivity index (χ2v) is 4.21. The predicted octanol–water partition coefficient (Wildman–Crippen LogP) is 2.19. The molecule has 2 rings (SSSR count). The van der Waals surface area contributed by atoms with Crippen molar-refractivity contribution in [2.24, 2.45) is 0 Å². The van der Waals surface area contributed by atoms with Gasteiger partial charge in [0.25, 0.3) is 0 Å². The summed E-state index contributed by atoms with van der Waals surface area (Å²) in [6.45, 7) is 6.50. The minimum Gasteiger partial charge on any atom is -0.346 e. The summed E-state index contributed by atoms with van der Waals surface area (Å²) < 4.78 is 2.16. The Labute approximate surface area is 77.4 Å². The van der Waals surface area contributed by atoms with Gasteiger partial charge in [-0.05, 0) is 26.8 Å². The van der Waals surface area contributed by atoms with Crippen molar-refractivity contribution in [3.63, 3.8) is 0 Å². The Morgan fingerprint density at radius 3 is 2.62 bits per heavy atom. The third kappa shape index (κ3) is 1.41. The molecule has 0 N–H and O–H groups in total. The van der Waals surface area contributed by atoms with Gasteiger partial charge in [-0.25, -0.2) is 0 Å². The SMILES string of the molecule is CC(C)(C)n1cc2ccnnc2c1. The summed E-state index contributed by atoms with van der Waals surface area (Å²) in [6, 6.07) is 1.98. The van der Waals surface area contributed by atoms with Gasteiger partial charge in [0.15, 0.2) is 0 Å². The molecule has 68 valence electrons. The molecular formula is C10H13N3. The molecule has 0 unspecified atom stereocenters. The molecule has 0 bridgehead atoms. The van der Waals surface area contributed by atoms with Crippen LogP contribution in [0.15, 0.2) is 24.7 Å². The maximum atomic E-state index is 4.04. The Balaban J connectivity index is 2.63. The normalized spacial score (nSPS) is 12.2. The molecule has 2 aromatic heterocycles. The van der Waals surface area contributed by atoms with Crippen LogP contribution >= 0.6 is 0 Å². The molecule has 0 aliphatic carbocycles. The minimum absolute atomic E-state index is 0.112. The van der Waals surface area contributed by atoms with E-state index in [9.17, 15) is 0 Å². The van der Waals surface area contributed by atoms with Crippen LogP contribution in [0.4, 0.5) is 0 Å². The van der Waals surface area contributed by atoms with E-state index in [1.54, 1.807) is 6.20 Å². The lowest BCUT2D eigenvalue weighted by Crippen LogP contribution is -2.19. The van der Waals surface area contributed by atoms with Crippen LogP contribution in [0.1, 0.15) is 20.8 Å². The predicted molar refractivity (Wildman–Crippen MR) is 52.5 cm³/mol. The minimum atomic E-state index is 0.112. The van der Waals surface area contributed by atoms with Crippen LogP contribution in [-0.2, 0) is 5.54 Å². The van der Waals surface area contributed by atoms with Crippen molar-refractivity contribution in [3.8, 4) is 0 Å². The average Bonchev–Trinajstić information content (AvgIpc) is 2.45. The first kappa shape index (κ1) is 8.23. The van der Waals surface area contributed by atoms with Gasteiger partial charge < -0.3 is 4.57 Å². The Bertz CT molecular complexity index is 390. The summed E-state index contributed by atoms with van der Waals surface area (Å²) in [5.74, 6) is 0. The van der Waals surface area contributed by atoms with Gasteiger partial charge in [0.2, 0.25) is 0 Å². The van der Waals surface area contributed by atoms with E-state index in [0.717, 1.165) is 10.9 Å². The number of aromatic nitrogens is 3. The maximum Gasteiger partial charge on any atom is 0.111 e. The van der Waals surface area contributed by atoms with Crippen LogP contribution in [0.5, 0.6) is 0 Å². The molecule has 0 saturated heterocycles. The molecule has 0 atom stereocenters. The van der Waals surface area contributed by atoms with Crippen molar-refractivity contribution < 1.29 is 0 Å². The van der Waals surface area contributed by atoms with Crippen molar-refractivity contribution in [1.29, 1.82) is 0 Å². The van der Waals surface area contributed by atoms with Gasteiger partial charge in [-0.15, -0.1) is 5.10 Å². The first-order valence-corrected chi connectivity index (χ1v) is 4.37. The van der Waals surface area contributed by atoms with Crippen molar-refractivity contribution in [1.82, 2.24) is 14.8 Å². The van der Waals surface area contributed by atoms with Crippen LogP contribution in [0, 0.1) is 0 Å². The number of nitrogens with zero attached hydrogens (tertiary/aromatic N) is 3. The smallest absolute Gasteiger partial charge is 0.111 e. The summed E-state index contributed by atoms with van der Waals surface area (Å²) in [7, 11) is 0. The van der Waals surface area contributed by atoms with E-state index in [-0.39, 0.29) is 5.54 Å². The summed E-state index contributed by atoms with van der Waals surface area (Å²) in [5.41, 5.74) is 1.07. The fraction of sp³-hybridized carbons (Fsp3) is 0.400. The summed E-state index contributed by atoms with van der Waals surface area (Å²) >= 11 is 0. The van der Waals surface area contributed by atoms with Gasteiger partial charge in [-0.1, -0.05) is 0 Å². The topological polar surface area (TPSA) is 30.7 Å². The molecule has 2 heterocycles. The number of hydrogen-bond donors (Lipinski definition) is 0. The number of rotatable bonds is 0. The quantitative estimate of drug-likeness (QED) is 0.614. The lowest BCUT2D eigenvalue weighted by Gasteiger charge is -2.20. The Morgan fingerprint density at radius 1 is 1.23 bits per heavy atom. The first-order valence-electron chi connectivity index (χ1n) is 4.37. The fourth-order valence-electron chi connectivity index (χ4n) is 1.27. The molecule has 0 aliphatic heterocycles. The van der Waals surface area contributed by atoms with E-state index in [2.05, 4.69) is 41.7 Å². The van der Waals surface area contributed by atoms with Crippen molar-refractivity contribution in [3.05, 3.63) is 24.7 Å². The molecule has 0 aromatic carbocycles. The van der Waals surface area contributed by atoms with E-state index in [1.807, 2.05) is 12.3 Å². The first-order chi connectivity index (χ1) is 6.07. The maximum absolute atomic E-state index is 4.04. The molecule has 3 nitrogen and oxygen atoms in total. The molecule has 0 amide bonds. The van der Waals surface area contributed by atoms with Crippen LogP contribution < -0.4 is 0 Å². The average molecular weight is 175 g/mol. The second kappa shape index (κ2) is 2.55. The van der Waals surface area contributed by atoms with Crippen molar-refractivity contribution in [2.45, 2.75) is 26.3 Å². The Morgan fingerprint density at radius 2 is 2.00 bits per heavy atom. The highest BCUT2D eigenvalue weighted by atomic mass is 15.1. The van der Waals surface area contributed by atoms with E-state index in [4.69, 9.17) is 0 Å². The highest BCUT2D eigenvalue weighted by molar-refractivity contribution is 5.77. The molecule has 0 radical (unpaired) electrons. The van der Waals surface area contributed by atoms with Crippen molar-refractivity contribution >= 4 is 10.9 Å². The van der Waals surface area contributed by atoms with E-state index in [0.29, 0.717) is 0 Å². The van der Waals surface area contributed by atoms with Crippen LogP contribution in [-0.4, -0.2) is 14.8 Å². The number of hydrogen-bond acceptors (Lipinski definition) is 2. The fourth-order valence-corrected chi connectivity index (χ4v) is 1.27. The highest BCUT2D eigenvalue weighted by Gasteiger charge is 2.12. The third-order valence-corrected chi connectivity index (χ3v) is 2.10. The lowest BCUT2D eigenvalue weighted by atomic mass is 10.1. The Kier molecular flexibility index (Phi) is 1.62. The standard InChI is InChI=1S/C10H13N3/c1-10(2,3)13-6-8-4-5-11-12-9(8)7-13/h4-7H,1-3H3. The van der Waals surface area contributed by atoms with Crippen LogP contribution in [0.2, 0.25) is 0 Å². The van der Waals surface area contributed by atoms with Gasteiger partial charge in [-0.2, -0.15) is 5.10 Å². The van der Waals surface area contributed by atoms with Gasteiger partial charge in [0, 0.05) is 23.3 Å². The van der Waals surface area contributed by atoms with Gasteiger partial charge >= 0.3 is 0 Å². The van der Waals surface area contributed by atoms with Crippen molar-refractivity contribution in [2.75, 3.05) is 0 Å². The summed E-state index contributed by atoms with van der Waals surface area (Å²) in [5, 5.41) is 9.03. The molecule has 0 saturated carbocycles. The zero-order valence-corrected chi connectivity index (χ0v) is 8.15. The molecule has 0 aliphatic rings. The largest absolute Gasteiger partial charge is 0.346 e. The van der Waals surface area contributed by atoms with E-state index in [1.165, 1.54) is 0 Å². The van der Waals surface area contributed by atoms with Gasteiger partial charge in [0.1, 0.15) is 5.52 Å². The van der Waals surface area contributed by atoms with Gasteiger partial charge in [0.05, 0.1) is 6.20 Å². The second-order valence-electron chi connectivity index (χ2n) is 4.21. The van der Waals surface area contributed by atoms with Crippen LogP contribution in [0.3, 0.4) is 0 Å². The molecule has 3 heteroatoms. The van der Waals surface area contributed by atoms with E-state index < -0.39 is 0 Å². The zero-order valence-electron chi connectivity index (χ0n) is 8.15. The van der Waals surface area contributed by atoms with E-state index >= 15 is 0 Å². The molecule has 0 spiro atoms. The molecule has 13 heavy (non-hydrogen) atoms. The third-order valence-electron chi connectivity index (χ3n) is 2.10. The molecular weight excluding hydrogens is 162 g/mol. The van der Waals surface area contributed by atoms with Crippen LogP contribution in [0.25, 0.3) is 10.9 Å². The molecule has 2 aromatic rings. The summed E-state index contributed by atoms with van der Waals surface area (Å²) in [4.78, 5) is 0. The highest BCUT2D eigenvalue weighted by Crippen LogP contribution is 2.19. The monoisotopic (exact) mass is 175 g/mol. The lowest BCUT2D eigenvalue weighted by molar-refractivity contribution is 0.399. The molecule has 0 fully saturated rings. The van der Waals surface area contributed by atoms with Gasteiger partial charge in [-0.3, -0.25) is 0 Å². The Hall–Kier alpha value is -1.38.